The molecule has 1 heterocycles. The maximum Gasteiger partial charge on any atom is 0.146 e. The van der Waals surface area contributed by atoms with Crippen molar-refractivity contribution in [2.24, 2.45) is 0 Å². The Morgan fingerprint density at radius 3 is 2.46 bits per heavy atom. The van der Waals surface area contributed by atoms with E-state index in [0.29, 0.717) is 22.1 Å². The molecule has 0 aliphatic heterocycles. The van der Waals surface area contributed by atoms with Crippen LogP contribution >= 0.6 is 11.6 Å². The monoisotopic (exact) mass is 371 g/mol. The topological polar surface area (TPSA) is 50.9 Å². The molecule has 0 bridgehead atoms. The summed E-state index contributed by atoms with van der Waals surface area (Å²) < 4.78 is 0. The average molecular weight is 372 g/mol. The van der Waals surface area contributed by atoms with E-state index in [1.165, 1.54) is 10.4 Å². The first-order valence-electron chi connectivity index (χ1n) is 9.17. The first-order valence-corrected chi connectivity index (χ1v) is 9.55. The van der Waals surface area contributed by atoms with Gasteiger partial charge in [-0.05, 0) is 54.0 Å². The molecular formula is C21H26ClN3O. The Kier molecular flexibility index (Phi) is 4.98. The number of hydrogen-bond acceptors (Lipinski definition) is 3. The van der Waals surface area contributed by atoms with E-state index in [1.807, 2.05) is 12.1 Å². The molecule has 3 aromatic rings. The fraction of sp³-hybridized carbons (Fsp3) is 0.429. The number of aromatic nitrogens is 3. The van der Waals surface area contributed by atoms with Crippen molar-refractivity contribution in [3.05, 3.63) is 46.5 Å². The molecule has 3 rings (SSSR count). The van der Waals surface area contributed by atoms with E-state index >= 15 is 0 Å². The Morgan fingerprint density at radius 1 is 1.12 bits per heavy atom. The van der Waals surface area contributed by atoms with Crippen molar-refractivity contribution < 1.29 is 5.11 Å². The summed E-state index contributed by atoms with van der Waals surface area (Å²) in [6.07, 6.45) is 1.95. The zero-order chi connectivity index (χ0) is 19.1. The van der Waals surface area contributed by atoms with E-state index < -0.39 is 0 Å². The highest BCUT2D eigenvalue weighted by atomic mass is 35.5. The van der Waals surface area contributed by atoms with Crippen LogP contribution in [0.3, 0.4) is 0 Å². The molecule has 0 amide bonds. The minimum atomic E-state index is -0.141. The SMILES string of the molecule is CCC(C)c1cc(-n2nc3ccc(Cl)cc3n2)c(O)c(C(C)(C)CC)c1. The number of hydrogen-bond donors (Lipinski definition) is 1. The predicted molar refractivity (Wildman–Crippen MR) is 108 cm³/mol. The van der Waals surface area contributed by atoms with E-state index in [0.717, 1.165) is 23.9 Å². The number of phenolic OH excluding ortho intramolecular Hbond substituents is 1. The molecule has 138 valence electrons. The minimum absolute atomic E-state index is 0.141. The van der Waals surface area contributed by atoms with E-state index in [4.69, 9.17) is 11.6 Å². The molecule has 0 saturated heterocycles. The van der Waals surface area contributed by atoms with Crippen LogP contribution in [0.4, 0.5) is 0 Å². The lowest BCUT2D eigenvalue weighted by molar-refractivity contribution is 0.423. The summed E-state index contributed by atoms with van der Waals surface area (Å²) in [6.45, 7) is 10.8. The maximum absolute atomic E-state index is 11.0. The Balaban J connectivity index is 2.25. The highest BCUT2D eigenvalue weighted by Gasteiger charge is 2.26. The van der Waals surface area contributed by atoms with E-state index in [2.05, 4.69) is 50.9 Å². The zero-order valence-electron chi connectivity index (χ0n) is 16.0. The molecule has 1 aromatic heterocycles. The number of halogens is 1. The number of aromatic hydroxyl groups is 1. The molecular weight excluding hydrogens is 346 g/mol. The Labute approximate surface area is 159 Å². The number of rotatable bonds is 5. The van der Waals surface area contributed by atoms with Gasteiger partial charge in [-0.1, -0.05) is 52.3 Å². The van der Waals surface area contributed by atoms with E-state index in [9.17, 15) is 5.11 Å². The lowest BCUT2D eigenvalue weighted by atomic mass is 9.79. The van der Waals surface area contributed by atoms with Gasteiger partial charge in [-0.25, -0.2) is 0 Å². The third-order valence-electron chi connectivity index (χ3n) is 5.46. The molecule has 4 nitrogen and oxygen atoms in total. The molecule has 0 radical (unpaired) electrons. The third kappa shape index (κ3) is 3.30. The molecule has 0 spiro atoms. The van der Waals surface area contributed by atoms with Gasteiger partial charge in [0.15, 0.2) is 0 Å². The second-order valence-electron chi connectivity index (χ2n) is 7.61. The molecule has 0 aliphatic rings. The van der Waals surface area contributed by atoms with Gasteiger partial charge in [-0.15, -0.1) is 15.0 Å². The second kappa shape index (κ2) is 6.92. The van der Waals surface area contributed by atoms with Gasteiger partial charge in [0.1, 0.15) is 22.5 Å². The van der Waals surface area contributed by atoms with Crippen molar-refractivity contribution in [1.29, 1.82) is 0 Å². The van der Waals surface area contributed by atoms with Gasteiger partial charge in [0.05, 0.1) is 0 Å². The minimum Gasteiger partial charge on any atom is -0.505 e. The molecule has 0 saturated carbocycles. The zero-order valence-corrected chi connectivity index (χ0v) is 16.8. The summed E-state index contributed by atoms with van der Waals surface area (Å²) in [6, 6.07) is 9.56. The smallest absolute Gasteiger partial charge is 0.146 e. The van der Waals surface area contributed by atoms with Crippen LogP contribution in [-0.2, 0) is 5.41 Å². The van der Waals surface area contributed by atoms with Crippen molar-refractivity contribution in [3.8, 4) is 11.4 Å². The molecule has 1 N–H and O–H groups in total. The number of fused-ring (bicyclic) bond motifs is 1. The van der Waals surface area contributed by atoms with Gasteiger partial charge in [0, 0.05) is 10.6 Å². The summed E-state index contributed by atoms with van der Waals surface area (Å²) >= 11 is 6.07. The number of phenols is 1. The second-order valence-corrected chi connectivity index (χ2v) is 8.04. The molecule has 26 heavy (non-hydrogen) atoms. The van der Waals surface area contributed by atoms with Crippen LogP contribution in [0.1, 0.15) is 64.5 Å². The molecule has 1 unspecified atom stereocenters. The predicted octanol–water partition coefficient (Wildman–Crippen LogP) is 5.98. The number of benzene rings is 2. The fourth-order valence-electron chi connectivity index (χ4n) is 3.02. The summed E-state index contributed by atoms with van der Waals surface area (Å²) in [5, 5.41) is 20.7. The highest BCUT2D eigenvalue weighted by molar-refractivity contribution is 6.31. The van der Waals surface area contributed by atoms with Crippen molar-refractivity contribution in [2.75, 3.05) is 0 Å². The summed E-state index contributed by atoms with van der Waals surface area (Å²) in [5.74, 6) is 0.635. The van der Waals surface area contributed by atoms with Crippen molar-refractivity contribution in [3.63, 3.8) is 0 Å². The van der Waals surface area contributed by atoms with Crippen molar-refractivity contribution >= 4 is 22.6 Å². The van der Waals surface area contributed by atoms with Gasteiger partial charge in [-0.3, -0.25) is 0 Å². The van der Waals surface area contributed by atoms with Gasteiger partial charge in [0.25, 0.3) is 0 Å². The van der Waals surface area contributed by atoms with Crippen LogP contribution in [0.2, 0.25) is 5.02 Å². The molecule has 5 heteroatoms. The number of nitrogens with zero attached hydrogens (tertiary/aromatic N) is 3. The maximum atomic E-state index is 11.0. The largest absolute Gasteiger partial charge is 0.505 e. The fourth-order valence-corrected chi connectivity index (χ4v) is 3.18. The first-order chi connectivity index (χ1) is 12.3. The van der Waals surface area contributed by atoms with E-state index in [-0.39, 0.29) is 11.2 Å². The van der Waals surface area contributed by atoms with Crippen LogP contribution in [0.5, 0.6) is 5.75 Å². The van der Waals surface area contributed by atoms with Gasteiger partial charge >= 0.3 is 0 Å². The Bertz CT molecular complexity index is 946. The Hall–Kier alpha value is -2.07. The van der Waals surface area contributed by atoms with Gasteiger partial charge in [0.2, 0.25) is 0 Å². The lowest BCUT2D eigenvalue weighted by Crippen LogP contribution is -2.17. The van der Waals surface area contributed by atoms with Crippen LogP contribution in [0.25, 0.3) is 16.7 Å². The molecule has 2 aromatic carbocycles. The van der Waals surface area contributed by atoms with Gasteiger partial charge in [-0.2, -0.15) is 0 Å². The normalized spacial score (nSPS) is 13.3. The molecule has 0 fully saturated rings. The van der Waals surface area contributed by atoms with Crippen LogP contribution in [0.15, 0.2) is 30.3 Å². The van der Waals surface area contributed by atoms with Gasteiger partial charge < -0.3 is 5.11 Å². The lowest BCUT2D eigenvalue weighted by Gasteiger charge is -2.27. The standard InChI is InChI=1S/C21H26ClN3O/c1-6-13(3)14-10-16(21(4,5)7-2)20(26)19(11-14)25-23-17-9-8-15(22)12-18(17)24-25/h8-13,26H,6-7H2,1-5H3. The Morgan fingerprint density at radius 2 is 1.81 bits per heavy atom. The first kappa shape index (κ1) is 18.7. The van der Waals surface area contributed by atoms with Crippen LogP contribution in [-0.4, -0.2) is 20.1 Å². The van der Waals surface area contributed by atoms with Crippen molar-refractivity contribution in [1.82, 2.24) is 15.0 Å². The highest BCUT2D eigenvalue weighted by Crippen LogP contribution is 2.40. The molecule has 1 atom stereocenters. The summed E-state index contributed by atoms with van der Waals surface area (Å²) in [7, 11) is 0. The summed E-state index contributed by atoms with van der Waals surface area (Å²) in [5.41, 5.74) is 4.06. The molecule has 0 aliphatic carbocycles. The van der Waals surface area contributed by atoms with Crippen LogP contribution in [0, 0.1) is 0 Å². The quantitative estimate of drug-likeness (QED) is 0.600. The third-order valence-corrected chi connectivity index (χ3v) is 5.70. The van der Waals surface area contributed by atoms with E-state index in [1.54, 1.807) is 12.1 Å². The van der Waals surface area contributed by atoms with Crippen LogP contribution < -0.4 is 0 Å². The summed E-state index contributed by atoms with van der Waals surface area (Å²) in [4.78, 5) is 1.53. The average Bonchev–Trinajstić information content (AvgIpc) is 3.03. The van der Waals surface area contributed by atoms with Crippen molar-refractivity contribution in [2.45, 2.75) is 58.8 Å².